The van der Waals surface area contributed by atoms with E-state index in [0.717, 1.165) is 24.2 Å². The number of rotatable bonds is 4. The monoisotopic (exact) mass is 351 g/mol. The third kappa shape index (κ3) is 2.95. The minimum absolute atomic E-state index is 0.155. The topological polar surface area (TPSA) is 87.7 Å². The number of nitrogens with one attached hydrogen (secondary N) is 2. The summed E-state index contributed by atoms with van der Waals surface area (Å²) in [5.74, 6) is 0.849. The van der Waals surface area contributed by atoms with Gasteiger partial charge in [-0.05, 0) is 35.1 Å². The van der Waals surface area contributed by atoms with E-state index in [4.69, 9.17) is 4.74 Å². The Balaban J connectivity index is 1.38. The van der Waals surface area contributed by atoms with E-state index in [2.05, 4.69) is 10.0 Å². The number of benzene rings is 1. The highest BCUT2D eigenvalue weighted by Crippen LogP contribution is 2.26. The Morgan fingerprint density at radius 1 is 1.21 bits per heavy atom. The summed E-state index contributed by atoms with van der Waals surface area (Å²) in [6, 6.07) is 4.96. The van der Waals surface area contributed by atoms with Crippen LogP contribution in [0.25, 0.3) is 0 Å². The molecule has 4 rings (SSSR count). The molecule has 7 nitrogen and oxygen atoms in total. The van der Waals surface area contributed by atoms with Crippen molar-refractivity contribution in [3.05, 3.63) is 29.3 Å². The first-order valence-corrected chi connectivity index (χ1v) is 9.69. The Hall–Kier alpha value is -1.48. The molecule has 2 fully saturated rings. The van der Waals surface area contributed by atoms with Crippen LogP contribution in [0.1, 0.15) is 11.1 Å². The van der Waals surface area contributed by atoms with Crippen molar-refractivity contribution in [3.63, 3.8) is 0 Å². The van der Waals surface area contributed by atoms with Crippen LogP contribution in [0, 0.1) is 11.8 Å². The van der Waals surface area contributed by atoms with Gasteiger partial charge in [0.05, 0.1) is 24.7 Å². The molecule has 1 aromatic rings. The highest BCUT2D eigenvalue weighted by atomic mass is 32.2. The summed E-state index contributed by atoms with van der Waals surface area (Å²) in [6.07, 6.45) is 0. The zero-order chi connectivity index (χ0) is 16.7. The normalized spacial score (nSPS) is 25.8. The molecule has 0 aliphatic carbocycles. The second kappa shape index (κ2) is 6.11. The largest absolute Gasteiger partial charge is 0.372 e. The summed E-state index contributed by atoms with van der Waals surface area (Å²) in [4.78, 5) is 14.3. The van der Waals surface area contributed by atoms with E-state index in [1.165, 1.54) is 0 Å². The van der Waals surface area contributed by atoms with Crippen LogP contribution in [0.2, 0.25) is 0 Å². The number of likely N-dealkylation sites (tertiary alicyclic amines) is 1. The second-order valence-electron chi connectivity index (χ2n) is 6.72. The highest BCUT2D eigenvalue weighted by Gasteiger charge is 2.38. The lowest BCUT2D eigenvalue weighted by molar-refractivity contribution is -0.129. The molecule has 0 unspecified atom stereocenters. The Morgan fingerprint density at radius 2 is 1.92 bits per heavy atom. The van der Waals surface area contributed by atoms with E-state index in [1.807, 2.05) is 0 Å². The van der Waals surface area contributed by atoms with Gasteiger partial charge in [-0.2, -0.15) is 0 Å². The molecule has 24 heavy (non-hydrogen) atoms. The minimum atomic E-state index is -3.69. The Bertz CT molecular complexity index is 753. The molecule has 0 spiro atoms. The highest BCUT2D eigenvalue weighted by molar-refractivity contribution is 7.89. The van der Waals surface area contributed by atoms with Crippen LogP contribution in [-0.2, 0) is 32.8 Å². The quantitative estimate of drug-likeness (QED) is 0.776. The molecule has 2 N–H and O–H groups in total. The van der Waals surface area contributed by atoms with Gasteiger partial charge in [0, 0.05) is 26.2 Å². The number of carbonyl (C=O) groups is 1. The molecule has 0 bridgehead atoms. The van der Waals surface area contributed by atoms with Crippen molar-refractivity contribution in [3.8, 4) is 0 Å². The summed E-state index contributed by atoms with van der Waals surface area (Å²) in [5.41, 5.74) is 1.91. The van der Waals surface area contributed by atoms with Crippen LogP contribution >= 0.6 is 0 Å². The molecule has 3 aliphatic heterocycles. The maximum Gasteiger partial charge on any atom is 0.241 e. The first-order valence-electron chi connectivity index (χ1n) is 8.20. The van der Waals surface area contributed by atoms with E-state index in [1.54, 1.807) is 23.1 Å². The molecule has 3 heterocycles. The summed E-state index contributed by atoms with van der Waals surface area (Å²) in [6.45, 7) is 4.08. The molecule has 0 saturated carbocycles. The second-order valence-corrected chi connectivity index (χ2v) is 8.49. The molecule has 2 atom stereocenters. The maximum absolute atomic E-state index is 12.4. The average Bonchev–Trinajstić information content (AvgIpc) is 3.26. The van der Waals surface area contributed by atoms with Gasteiger partial charge >= 0.3 is 0 Å². The van der Waals surface area contributed by atoms with Crippen LogP contribution < -0.4 is 10.0 Å². The predicted molar refractivity (Wildman–Crippen MR) is 86.6 cm³/mol. The van der Waals surface area contributed by atoms with Crippen LogP contribution in [0.3, 0.4) is 0 Å². The fourth-order valence-electron chi connectivity index (χ4n) is 3.73. The molecule has 8 heteroatoms. The van der Waals surface area contributed by atoms with Gasteiger partial charge in [0.25, 0.3) is 0 Å². The van der Waals surface area contributed by atoms with Gasteiger partial charge in [-0.1, -0.05) is 6.07 Å². The molecule has 1 amide bonds. The number of nitrogens with zero attached hydrogens (tertiary/aromatic N) is 1. The van der Waals surface area contributed by atoms with Crippen molar-refractivity contribution in [2.45, 2.75) is 18.1 Å². The van der Waals surface area contributed by atoms with Crippen molar-refractivity contribution >= 4 is 15.9 Å². The van der Waals surface area contributed by atoms with Gasteiger partial charge in [0.1, 0.15) is 0 Å². The molecule has 3 aliphatic rings. The molecule has 1 aromatic carbocycles. The van der Waals surface area contributed by atoms with Gasteiger partial charge in [0.2, 0.25) is 15.9 Å². The van der Waals surface area contributed by atoms with Crippen molar-refractivity contribution in [1.82, 2.24) is 14.9 Å². The van der Waals surface area contributed by atoms with E-state index in [0.29, 0.717) is 38.1 Å². The van der Waals surface area contributed by atoms with Crippen molar-refractivity contribution in [1.29, 1.82) is 0 Å². The number of carbonyl (C=O) groups excluding carboxylic acids is 1. The third-order valence-corrected chi connectivity index (χ3v) is 6.56. The first kappa shape index (κ1) is 16.0. The van der Waals surface area contributed by atoms with E-state index < -0.39 is 10.0 Å². The van der Waals surface area contributed by atoms with Gasteiger partial charge in [-0.25, -0.2) is 13.1 Å². The Morgan fingerprint density at radius 3 is 2.67 bits per heavy atom. The van der Waals surface area contributed by atoms with Crippen LogP contribution in [0.15, 0.2) is 23.1 Å². The number of fused-ring (bicyclic) bond motifs is 2. The smallest absolute Gasteiger partial charge is 0.241 e. The van der Waals surface area contributed by atoms with Gasteiger partial charge in [0.15, 0.2) is 0 Å². The predicted octanol–water partition coefficient (Wildman–Crippen LogP) is -0.327. The molecule has 0 radical (unpaired) electrons. The molecule has 0 aromatic heterocycles. The fourth-order valence-corrected chi connectivity index (χ4v) is 4.75. The van der Waals surface area contributed by atoms with E-state index in [9.17, 15) is 13.2 Å². The standard InChI is InChI=1S/C16H21N3O4S/c20-16(19-7-13-4-17-5-14(13)8-19)6-18-24(21,22)15-2-1-11-9-23-10-12(11)3-15/h1-3,13-14,17-18H,4-10H2/t13-,14+. The lowest BCUT2D eigenvalue weighted by atomic mass is 10.0. The number of sulfonamides is 1. The SMILES string of the molecule is O=C(CNS(=O)(=O)c1ccc2c(c1)COC2)N1C[C@H]2CNC[C@H]2C1. The Labute approximate surface area is 141 Å². The summed E-state index contributed by atoms with van der Waals surface area (Å²) < 4.78 is 32.6. The molecular weight excluding hydrogens is 330 g/mol. The number of ether oxygens (including phenoxy) is 1. The lowest BCUT2D eigenvalue weighted by Crippen LogP contribution is -2.40. The zero-order valence-corrected chi connectivity index (χ0v) is 14.1. The van der Waals surface area contributed by atoms with Crippen LogP contribution in [-0.4, -0.2) is 51.9 Å². The maximum atomic E-state index is 12.4. The van der Waals surface area contributed by atoms with Crippen molar-refractivity contribution < 1.29 is 17.9 Å². The van der Waals surface area contributed by atoms with Gasteiger partial charge in [-0.3, -0.25) is 4.79 Å². The molecule has 2 saturated heterocycles. The first-order chi connectivity index (χ1) is 11.5. The number of amides is 1. The number of hydrogen-bond donors (Lipinski definition) is 2. The Kier molecular flexibility index (Phi) is 4.07. The molecule has 130 valence electrons. The van der Waals surface area contributed by atoms with Crippen LogP contribution in [0.5, 0.6) is 0 Å². The fraction of sp³-hybridized carbons (Fsp3) is 0.562. The number of hydrogen-bond acceptors (Lipinski definition) is 5. The van der Waals surface area contributed by atoms with Gasteiger partial charge < -0.3 is 15.0 Å². The molecular formula is C16H21N3O4S. The zero-order valence-electron chi connectivity index (χ0n) is 13.3. The minimum Gasteiger partial charge on any atom is -0.372 e. The van der Waals surface area contributed by atoms with E-state index in [-0.39, 0.29) is 17.3 Å². The summed E-state index contributed by atoms with van der Waals surface area (Å²) >= 11 is 0. The van der Waals surface area contributed by atoms with Crippen molar-refractivity contribution in [2.24, 2.45) is 11.8 Å². The average molecular weight is 351 g/mol. The summed E-state index contributed by atoms with van der Waals surface area (Å²) in [7, 11) is -3.69. The van der Waals surface area contributed by atoms with Crippen LogP contribution in [0.4, 0.5) is 0 Å². The third-order valence-electron chi connectivity index (χ3n) is 5.16. The van der Waals surface area contributed by atoms with Gasteiger partial charge in [-0.15, -0.1) is 0 Å². The lowest BCUT2D eigenvalue weighted by Gasteiger charge is -2.18. The summed E-state index contributed by atoms with van der Waals surface area (Å²) in [5, 5.41) is 3.32. The van der Waals surface area contributed by atoms with E-state index >= 15 is 0 Å². The van der Waals surface area contributed by atoms with Crippen molar-refractivity contribution in [2.75, 3.05) is 32.7 Å².